The van der Waals surface area contributed by atoms with E-state index in [1.165, 1.54) is 0 Å². The number of carboxylic acids is 1. The van der Waals surface area contributed by atoms with Crippen LogP contribution in [0.5, 0.6) is 0 Å². The lowest BCUT2D eigenvalue weighted by Crippen LogP contribution is -2.34. The molecule has 0 saturated heterocycles. The Hall–Kier alpha value is -1.19. The van der Waals surface area contributed by atoms with Crippen molar-refractivity contribution < 1.29 is 37.1 Å². The number of rotatable bonds is 8. The first-order valence-corrected chi connectivity index (χ1v) is 6.21. The number of carbonyl (C=O) groups excluding carboxylic acids is 1. The van der Waals surface area contributed by atoms with E-state index in [0.717, 1.165) is 0 Å². The summed E-state index contributed by atoms with van der Waals surface area (Å²) in [6.45, 7) is 1.97. The normalized spacial score (nSPS) is 13.1. The zero-order valence-corrected chi connectivity index (χ0v) is 9.97. The molecule has 1 unspecified atom stereocenters. The van der Waals surface area contributed by atoms with Gasteiger partial charge in [-0.05, 0) is 6.92 Å². The van der Waals surface area contributed by atoms with E-state index in [1.54, 1.807) is 6.92 Å². The van der Waals surface area contributed by atoms with Crippen LogP contribution in [0.3, 0.4) is 0 Å². The molecule has 0 bridgehead atoms. The van der Waals surface area contributed by atoms with Crippen LogP contribution in [0.2, 0.25) is 0 Å². The van der Waals surface area contributed by atoms with Crippen molar-refractivity contribution in [1.82, 2.24) is 0 Å². The molecule has 9 heteroatoms. The van der Waals surface area contributed by atoms with Gasteiger partial charge in [-0.1, -0.05) is 0 Å². The Labute approximate surface area is 98.3 Å². The number of ether oxygens (including phenoxy) is 2. The van der Waals surface area contributed by atoms with Crippen molar-refractivity contribution in [2.45, 2.75) is 18.6 Å². The summed E-state index contributed by atoms with van der Waals surface area (Å²) in [6, 6.07) is 0. The van der Waals surface area contributed by atoms with Gasteiger partial charge in [0.15, 0.2) is 5.25 Å². The molecular formula is C8H14O8S. The molecule has 0 radical (unpaired) electrons. The SMILES string of the molecule is CCOCCOC(=O)C(CC(=O)O)S(=O)(=O)O. The summed E-state index contributed by atoms with van der Waals surface area (Å²) in [5.74, 6) is -2.84. The number of hydrogen-bond donors (Lipinski definition) is 2. The van der Waals surface area contributed by atoms with Gasteiger partial charge in [0.25, 0.3) is 10.1 Å². The molecule has 0 aliphatic carbocycles. The standard InChI is InChI=1S/C8H14O8S/c1-2-15-3-4-16-8(11)6(5-7(9)10)17(12,13)14/h6H,2-5H2,1H3,(H,9,10)(H,12,13,14). The molecule has 100 valence electrons. The molecular weight excluding hydrogens is 256 g/mol. The predicted molar refractivity (Wildman–Crippen MR) is 55.0 cm³/mol. The van der Waals surface area contributed by atoms with E-state index < -0.39 is 33.7 Å². The Bertz CT molecular complexity index is 360. The van der Waals surface area contributed by atoms with Crippen LogP contribution in [-0.2, 0) is 29.2 Å². The molecule has 0 rings (SSSR count). The lowest BCUT2D eigenvalue weighted by molar-refractivity contribution is -0.148. The third kappa shape index (κ3) is 6.87. The third-order valence-corrected chi connectivity index (χ3v) is 2.74. The maximum Gasteiger partial charge on any atom is 0.327 e. The van der Waals surface area contributed by atoms with E-state index >= 15 is 0 Å². The molecule has 0 spiro atoms. The molecule has 0 amide bonds. The van der Waals surface area contributed by atoms with Crippen molar-refractivity contribution in [3.63, 3.8) is 0 Å². The van der Waals surface area contributed by atoms with Crippen molar-refractivity contribution in [2.75, 3.05) is 19.8 Å². The average molecular weight is 270 g/mol. The van der Waals surface area contributed by atoms with Crippen LogP contribution in [0, 0.1) is 0 Å². The Kier molecular flexibility index (Phi) is 6.69. The summed E-state index contributed by atoms with van der Waals surface area (Å²) in [4.78, 5) is 21.5. The van der Waals surface area contributed by atoms with E-state index in [2.05, 4.69) is 4.74 Å². The summed E-state index contributed by atoms with van der Waals surface area (Å²) in [6.07, 6.45) is -1.05. The van der Waals surface area contributed by atoms with Gasteiger partial charge < -0.3 is 14.6 Å². The lowest BCUT2D eigenvalue weighted by Gasteiger charge is -2.11. The van der Waals surface area contributed by atoms with Gasteiger partial charge in [-0.25, -0.2) is 0 Å². The van der Waals surface area contributed by atoms with Gasteiger partial charge in [0, 0.05) is 6.61 Å². The number of esters is 1. The summed E-state index contributed by atoms with van der Waals surface area (Å²) in [5.41, 5.74) is 0. The molecule has 0 aliphatic heterocycles. The number of aliphatic carboxylic acids is 1. The molecule has 0 heterocycles. The van der Waals surface area contributed by atoms with Crippen LogP contribution < -0.4 is 0 Å². The molecule has 17 heavy (non-hydrogen) atoms. The summed E-state index contributed by atoms with van der Waals surface area (Å²) < 4.78 is 39.5. The van der Waals surface area contributed by atoms with Gasteiger partial charge in [-0.2, -0.15) is 8.42 Å². The molecule has 0 fully saturated rings. The fraction of sp³-hybridized carbons (Fsp3) is 0.750. The molecule has 0 saturated carbocycles. The highest BCUT2D eigenvalue weighted by Gasteiger charge is 2.34. The highest BCUT2D eigenvalue weighted by atomic mass is 32.2. The third-order valence-electron chi connectivity index (χ3n) is 1.66. The minimum Gasteiger partial charge on any atom is -0.481 e. The molecule has 0 aromatic carbocycles. The second-order valence-corrected chi connectivity index (χ2v) is 4.56. The Balaban J connectivity index is 4.40. The molecule has 0 aliphatic rings. The smallest absolute Gasteiger partial charge is 0.327 e. The van der Waals surface area contributed by atoms with E-state index in [0.29, 0.717) is 6.61 Å². The fourth-order valence-corrected chi connectivity index (χ4v) is 1.57. The van der Waals surface area contributed by atoms with E-state index in [9.17, 15) is 18.0 Å². The predicted octanol–water partition coefficient (Wildman–Crippen LogP) is -0.703. The van der Waals surface area contributed by atoms with Crippen LogP contribution in [0.25, 0.3) is 0 Å². The molecule has 8 nitrogen and oxygen atoms in total. The van der Waals surface area contributed by atoms with Crippen molar-refractivity contribution in [1.29, 1.82) is 0 Å². The number of hydrogen-bond acceptors (Lipinski definition) is 6. The fourth-order valence-electron chi connectivity index (χ4n) is 0.907. The zero-order valence-electron chi connectivity index (χ0n) is 9.16. The van der Waals surface area contributed by atoms with Crippen molar-refractivity contribution >= 4 is 22.1 Å². The van der Waals surface area contributed by atoms with E-state index in [4.69, 9.17) is 14.4 Å². The summed E-state index contributed by atoms with van der Waals surface area (Å²) in [5, 5.41) is 6.29. The minimum absolute atomic E-state index is 0.0630. The van der Waals surface area contributed by atoms with Crippen LogP contribution in [-0.4, -0.2) is 55.1 Å². The number of carbonyl (C=O) groups is 2. The molecule has 0 aromatic rings. The first kappa shape index (κ1) is 15.8. The van der Waals surface area contributed by atoms with Crippen molar-refractivity contribution in [3.05, 3.63) is 0 Å². The van der Waals surface area contributed by atoms with Gasteiger partial charge in [0.1, 0.15) is 6.61 Å². The second-order valence-electron chi connectivity index (χ2n) is 2.97. The van der Waals surface area contributed by atoms with Crippen molar-refractivity contribution in [3.8, 4) is 0 Å². The Morgan fingerprint density at radius 1 is 1.29 bits per heavy atom. The van der Waals surface area contributed by atoms with Crippen LogP contribution >= 0.6 is 0 Å². The maximum atomic E-state index is 11.2. The minimum atomic E-state index is -4.80. The largest absolute Gasteiger partial charge is 0.481 e. The topological polar surface area (TPSA) is 127 Å². The molecule has 1 atom stereocenters. The van der Waals surface area contributed by atoms with Crippen LogP contribution in [0.1, 0.15) is 13.3 Å². The quantitative estimate of drug-likeness (QED) is 0.336. The monoisotopic (exact) mass is 270 g/mol. The van der Waals surface area contributed by atoms with Gasteiger partial charge in [-0.3, -0.25) is 14.1 Å². The first-order valence-electron chi connectivity index (χ1n) is 4.71. The van der Waals surface area contributed by atoms with Gasteiger partial charge in [0.05, 0.1) is 13.0 Å². The highest BCUT2D eigenvalue weighted by molar-refractivity contribution is 7.87. The first-order chi connectivity index (χ1) is 7.79. The lowest BCUT2D eigenvalue weighted by atomic mass is 10.3. The molecule has 0 aromatic heterocycles. The van der Waals surface area contributed by atoms with Gasteiger partial charge >= 0.3 is 11.9 Å². The van der Waals surface area contributed by atoms with Gasteiger partial charge in [-0.15, -0.1) is 0 Å². The Morgan fingerprint density at radius 2 is 1.88 bits per heavy atom. The Morgan fingerprint density at radius 3 is 2.29 bits per heavy atom. The molecule has 2 N–H and O–H groups in total. The van der Waals surface area contributed by atoms with E-state index in [-0.39, 0.29) is 13.2 Å². The second kappa shape index (κ2) is 7.20. The van der Waals surface area contributed by atoms with Crippen molar-refractivity contribution in [2.24, 2.45) is 0 Å². The highest BCUT2D eigenvalue weighted by Crippen LogP contribution is 2.07. The van der Waals surface area contributed by atoms with Crippen LogP contribution in [0.4, 0.5) is 0 Å². The summed E-state index contributed by atoms with van der Waals surface area (Å²) in [7, 11) is -4.80. The maximum absolute atomic E-state index is 11.2. The zero-order chi connectivity index (χ0) is 13.5. The van der Waals surface area contributed by atoms with E-state index in [1.807, 2.05) is 0 Å². The van der Waals surface area contributed by atoms with Gasteiger partial charge in [0.2, 0.25) is 0 Å². The average Bonchev–Trinajstić information content (AvgIpc) is 2.19. The summed E-state index contributed by atoms with van der Waals surface area (Å²) >= 11 is 0. The van der Waals surface area contributed by atoms with Crippen LogP contribution in [0.15, 0.2) is 0 Å². The number of carboxylic acid groups (broad SMARTS) is 1.